The van der Waals surface area contributed by atoms with Gasteiger partial charge in [0.1, 0.15) is 11.6 Å². The predicted octanol–water partition coefficient (Wildman–Crippen LogP) is 5.07. The second-order valence-corrected chi connectivity index (χ2v) is 8.13. The Balaban J connectivity index is 1.39. The number of nitrogens with one attached hydrogen (secondary N) is 2. The van der Waals surface area contributed by atoms with Crippen molar-refractivity contribution in [1.29, 1.82) is 0 Å². The summed E-state index contributed by atoms with van der Waals surface area (Å²) in [6.07, 6.45) is 3.45. The number of aromatic nitrogens is 2. The molecule has 0 fully saturated rings. The number of carbonyl (C=O) groups excluding carboxylic acids is 2. The molecule has 1 aliphatic heterocycles. The number of nitrogens with zero attached hydrogens (tertiary/aromatic N) is 3. The van der Waals surface area contributed by atoms with Crippen molar-refractivity contribution in [3.05, 3.63) is 71.4 Å². The summed E-state index contributed by atoms with van der Waals surface area (Å²) < 4.78 is 29.4. The Bertz CT molecular complexity index is 1320. The molecule has 0 atom stereocenters. The first-order chi connectivity index (χ1) is 18.0. The first kappa shape index (κ1) is 25.6. The number of rotatable bonds is 10. The average molecular weight is 506 g/mol. The number of hydrogen-bond acceptors (Lipinski definition) is 7. The number of hydrogen-bond donors (Lipinski definition) is 2. The highest BCUT2D eigenvalue weighted by molar-refractivity contribution is 6.21. The number of anilines is 3. The molecule has 0 radical (unpaired) electrons. The molecule has 0 spiro atoms. The third-order valence-corrected chi connectivity index (χ3v) is 5.43. The Morgan fingerprint density at radius 2 is 1.84 bits per heavy atom. The van der Waals surface area contributed by atoms with Gasteiger partial charge in [0.15, 0.2) is 0 Å². The lowest BCUT2D eigenvalue weighted by molar-refractivity contribution is -0.0498. The van der Waals surface area contributed by atoms with Crippen molar-refractivity contribution >= 4 is 29.3 Å². The van der Waals surface area contributed by atoms with E-state index in [2.05, 4.69) is 37.2 Å². The fourth-order valence-corrected chi connectivity index (χ4v) is 3.72. The molecular weight excluding hydrogens is 480 g/mol. The minimum Gasteiger partial charge on any atom is -0.435 e. The van der Waals surface area contributed by atoms with Crippen LogP contribution in [0, 0.1) is 11.8 Å². The summed E-state index contributed by atoms with van der Waals surface area (Å²) in [4.78, 5) is 34.9. The number of benzene rings is 2. The predicted molar refractivity (Wildman–Crippen MR) is 135 cm³/mol. The Morgan fingerprint density at radius 1 is 1.08 bits per heavy atom. The van der Waals surface area contributed by atoms with E-state index in [-0.39, 0.29) is 30.1 Å². The van der Waals surface area contributed by atoms with Crippen LogP contribution in [0.25, 0.3) is 0 Å². The summed E-state index contributed by atoms with van der Waals surface area (Å²) in [7, 11) is 0. The van der Waals surface area contributed by atoms with E-state index >= 15 is 0 Å². The molecule has 37 heavy (non-hydrogen) atoms. The van der Waals surface area contributed by atoms with Gasteiger partial charge in [0.25, 0.3) is 11.8 Å². The topological polar surface area (TPSA) is 96.5 Å². The lowest BCUT2D eigenvalue weighted by atomic mass is 10.1. The first-order valence-electron chi connectivity index (χ1n) is 11.8. The zero-order valence-electron chi connectivity index (χ0n) is 20.1. The van der Waals surface area contributed by atoms with Crippen molar-refractivity contribution < 1.29 is 23.1 Å². The van der Waals surface area contributed by atoms with Gasteiger partial charge in [0.2, 0.25) is 5.95 Å². The molecule has 0 bridgehead atoms. The van der Waals surface area contributed by atoms with Gasteiger partial charge in [-0.3, -0.25) is 14.5 Å². The van der Waals surface area contributed by atoms with E-state index in [1.807, 2.05) is 6.92 Å². The minimum absolute atomic E-state index is 0.0213. The number of fused-ring (bicyclic) bond motifs is 1. The molecule has 2 N–H and O–H groups in total. The van der Waals surface area contributed by atoms with Gasteiger partial charge in [-0.2, -0.15) is 13.8 Å². The van der Waals surface area contributed by atoms with E-state index in [9.17, 15) is 18.4 Å². The van der Waals surface area contributed by atoms with E-state index in [0.29, 0.717) is 47.6 Å². The maximum Gasteiger partial charge on any atom is 0.387 e. The van der Waals surface area contributed by atoms with Crippen LogP contribution < -0.4 is 15.4 Å². The molecule has 2 aromatic carbocycles. The standard InChI is InChI=1S/C27H25F2N5O3/c1-2-14-30-23-18(17-31-27(33-23)32-19-10-8-11-20(16-19)37-26(28)29)9-4-3-7-15-34-24(35)21-12-5-6-13-22(21)25(34)36/h5-6,8,10-13,16-17,26H,2-3,7,14-15H2,1H3,(H2,30,31,32,33). The summed E-state index contributed by atoms with van der Waals surface area (Å²) in [5, 5.41) is 6.20. The maximum absolute atomic E-state index is 12.5. The summed E-state index contributed by atoms with van der Waals surface area (Å²) in [5.41, 5.74) is 1.95. The van der Waals surface area contributed by atoms with Crippen LogP contribution in [0.2, 0.25) is 0 Å². The second-order valence-electron chi connectivity index (χ2n) is 8.13. The fourth-order valence-electron chi connectivity index (χ4n) is 3.72. The molecular formula is C27H25F2N5O3. The summed E-state index contributed by atoms with van der Waals surface area (Å²) >= 11 is 0. The highest BCUT2D eigenvalue weighted by Gasteiger charge is 2.34. The molecule has 10 heteroatoms. The number of carbonyl (C=O) groups is 2. The van der Waals surface area contributed by atoms with Gasteiger partial charge in [-0.1, -0.05) is 37.0 Å². The minimum atomic E-state index is -2.91. The largest absolute Gasteiger partial charge is 0.435 e. The monoisotopic (exact) mass is 505 g/mol. The molecule has 2 amide bonds. The van der Waals surface area contributed by atoms with Gasteiger partial charge in [-0.05, 0) is 37.1 Å². The van der Waals surface area contributed by atoms with Crippen LogP contribution in [-0.2, 0) is 0 Å². The van der Waals surface area contributed by atoms with Gasteiger partial charge >= 0.3 is 6.61 Å². The Labute approximate surface area is 213 Å². The van der Waals surface area contributed by atoms with E-state index < -0.39 is 6.61 Å². The zero-order valence-corrected chi connectivity index (χ0v) is 20.1. The first-order valence-corrected chi connectivity index (χ1v) is 11.8. The van der Waals surface area contributed by atoms with E-state index in [4.69, 9.17) is 0 Å². The van der Waals surface area contributed by atoms with Crippen LogP contribution in [0.15, 0.2) is 54.7 Å². The maximum atomic E-state index is 12.5. The van der Waals surface area contributed by atoms with Crippen LogP contribution in [0.5, 0.6) is 5.75 Å². The van der Waals surface area contributed by atoms with Crippen molar-refractivity contribution in [1.82, 2.24) is 14.9 Å². The lowest BCUT2D eigenvalue weighted by Gasteiger charge is -2.12. The number of imide groups is 1. The van der Waals surface area contributed by atoms with Crippen LogP contribution in [0.4, 0.5) is 26.2 Å². The van der Waals surface area contributed by atoms with Gasteiger partial charge in [-0.15, -0.1) is 0 Å². The van der Waals surface area contributed by atoms with Crippen molar-refractivity contribution in [3.8, 4) is 17.6 Å². The SMILES string of the molecule is CCCNc1nc(Nc2cccc(OC(F)F)c2)ncc1C#CCCCN1C(=O)c2ccccc2C1=O. The van der Waals surface area contributed by atoms with E-state index in [1.165, 1.54) is 17.0 Å². The second kappa shape index (κ2) is 11.9. The third-order valence-electron chi connectivity index (χ3n) is 5.43. The van der Waals surface area contributed by atoms with Gasteiger partial charge in [0.05, 0.1) is 22.9 Å². The molecule has 2 heterocycles. The molecule has 0 saturated carbocycles. The molecule has 3 aromatic rings. The molecule has 0 aliphatic carbocycles. The Hall–Kier alpha value is -4.52. The molecule has 190 valence electrons. The molecule has 8 nitrogen and oxygen atoms in total. The quantitative estimate of drug-likeness (QED) is 0.226. The van der Waals surface area contributed by atoms with Gasteiger partial charge in [-0.25, -0.2) is 4.98 Å². The van der Waals surface area contributed by atoms with Crippen molar-refractivity contribution in [2.24, 2.45) is 0 Å². The molecule has 4 rings (SSSR count). The number of amides is 2. The number of halogens is 2. The average Bonchev–Trinajstić information content (AvgIpc) is 3.13. The van der Waals surface area contributed by atoms with Gasteiger partial charge < -0.3 is 15.4 Å². The summed E-state index contributed by atoms with van der Waals surface area (Å²) in [6.45, 7) is 0.0619. The molecule has 1 aromatic heterocycles. The molecule has 0 saturated heterocycles. The third kappa shape index (κ3) is 6.38. The van der Waals surface area contributed by atoms with Crippen LogP contribution in [0.1, 0.15) is 52.5 Å². The summed E-state index contributed by atoms with van der Waals surface area (Å²) in [5.74, 6) is 6.39. The normalized spacial score (nSPS) is 12.3. The van der Waals surface area contributed by atoms with Crippen molar-refractivity contribution in [2.45, 2.75) is 32.8 Å². The highest BCUT2D eigenvalue weighted by Crippen LogP contribution is 2.24. The highest BCUT2D eigenvalue weighted by atomic mass is 19.3. The van der Waals surface area contributed by atoms with Crippen LogP contribution in [0.3, 0.4) is 0 Å². The zero-order chi connectivity index (χ0) is 26.2. The van der Waals surface area contributed by atoms with Crippen LogP contribution >= 0.6 is 0 Å². The fraction of sp³-hybridized carbons (Fsp3) is 0.259. The van der Waals surface area contributed by atoms with Crippen molar-refractivity contribution in [3.63, 3.8) is 0 Å². The van der Waals surface area contributed by atoms with Gasteiger partial charge in [0, 0.05) is 31.3 Å². The molecule has 1 aliphatic rings. The number of alkyl halides is 2. The molecule has 0 unspecified atom stereocenters. The van der Waals surface area contributed by atoms with E-state index in [0.717, 1.165) is 6.42 Å². The lowest BCUT2D eigenvalue weighted by Crippen LogP contribution is -2.30. The smallest absolute Gasteiger partial charge is 0.387 e. The van der Waals surface area contributed by atoms with E-state index in [1.54, 1.807) is 42.6 Å². The Morgan fingerprint density at radius 3 is 2.54 bits per heavy atom. The Kier molecular flexibility index (Phi) is 8.26. The summed E-state index contributed by atoms with van der Waals surface area (Å²) in [6, 6.07) is 12.9. The number of ether oxygens (including phenoxy) is 1. The van der Waals surface area contributed by atoms with Crippen molar-refractivity contribution in [2.75, 3.05) is 23.7 Å². The van der Waals surface area contributed by atoms with Crippen LogP contribution in [-0.4, -0.2) is 46.4 Å². The number of unbranched alkanes of at least 4 members (excludes halogenated alkanes) is 1.